The molecule has 0 bridgehead atoms. The van der Waals surface area contributed by atoms with Crippen LogP contribution in [-0.4, -0.2) is 49.6 Å². The van der Waals surface area contributed by atoms with Crippen LogP contribution in [0.5, 0.6) is 0 Å². The molecule has 2 rings (SSSR count). The molecule has 1 heterocycles. The molecule has 1 aliphatic heterocycles. The Morgan fingerprint density at radius 3 is 2.26 bits per heavy atom. The summed E-state index contributed by atoms with van der Waals surface area (Å²) >= 11 is 0. The van der Waals surface area contributed by atoms with Gasteiger partial charge in [0.05, 0.1) is 0 Å². The van der Waals surface area contributed by atoms with Crippen molar-refractivity contribution >= 4 is 0 Å². The Kier molecular flexibility index (Phi) is 4.85. The lowest BCUT2D eigenvalue weighted by Crippen LogP contribution is -2.45. The maximum absolute atomic E-state index is 13.1. The average molecular weight is 269 g/mol. The van der Waals surface area contributed by atoms with E-state index in [9.17, 15) is 8.78 Å². The molecule has 1 saturated heterocycles. The highest BCUT2D eigenvalue weighted by Crippen LogP contribution is 2.17. The highest BCUT2D eigenvalue weighted by Gasteiger charge is 2.15. The Morgan fingerprint density at radius 1 is 1.11 bits per heavy atom. The van der Waals surface area contributed by atoms with Gasteiger partial charge in [-0.25, -0.2) is 8.78 Å². The van der Waals surface area contributed by atoms with E-state index < -0.39 is 11.6 Å². The van der Waals surface area contributed by atoms with Crippen LogP contribution in [0, 0.1) is 11.6 Å². The number of piperazine rings is 1. The molecule has 1 aliphatic rings. The summed E-state index contributed by atoms with van der Waals surface area (Å²) in [6, 6.07) is 3.19. The molecule has 1 aromatic rings. The summed E-state index contributed by atoms with van der Waals surface area (Å²) in [5.74, 6) is -1.13. The zero-order valence-corrected chi connectivity index (χ0v) is 11.3. The summed E-state index contributed by atoms with van der Waals surface area (Å²) in [5, 5.41) is 0. The molecular weight excluding hydrogens is 248 g/mol. The first-order valence-corrected chi connectivity index (χ1v) is 6.67. The first-order chi connectivity index (χ1) is 9.04. The zero-order chi connectivity index (χ0) is 13.8. The molecule has 2 N–H and O–H groups in total. The van der Waals surface area contributed by atoms with Crippen LogP contribution < -0.4 is 5.73 Å². The fourth-order valence-electron chi connectivity index (χ4n) is 2.35. The lowest BCUT2D eigenvalue weighted by Gasteiger charge is -2.32. The van der Waals surface area contributed by atoms with Gasteiger partial charge in [-0.2, -0.15) is 0 Å². The molecule has 19 heavy (non-hydrogen) atoms. The van der Waals surface area contributed by atoms with Crippen LogP contribution in [0.3, 0.4) is 0 Å². The molecule has 1 aromatic carbocycles. The molecule has 1 fully saturated rings. The lowest BCUT2D eigenvalue weighted by atomic mass is 10.0. The Balaban J connectivity index is 1.85. The molecule has 1 atom stereocenters. The minimum Gasteiger partial charge on any atom is -0.324 e. The van der Waals surface area contributed by atoms with Crippen LogP contribution in [0.2, 0.25) is 0 Å². The molecule has 0 saturated carbocycles. The van der Waals surface area contributed by atoms with Crippen LogP contribution in [0.4, 0.5) is 8.78 Å². The third-order valence-electron chi connectivity index (χ3n) is 3.67. The first kappa shape index (κ1) is 14.4. The molecular formula is C14H21F2N3. The van der Waals surface area contributed by atoms with Crippen molar-refractivity contribution in [2.75, 3.05) is 39.8 Å². The third kappa shape index (κ3) is 4.23. The molecule has 0 amide bonds. The Morgan fingerprint density at radius 2 is 1.68 bits per heavy atom. The van der Waals surface area contributed by atoms with E-state index in [1.165, 1.54) is 12.1 Å². The number of rotatable bonds is 4. The largest absolute Gasteiger partial charge is 0.324 e. The maximum Gasteiger partial charge on any atom is 0.126 e. The number of benzene rings is 1. The standard InChI is InChI=1S/C14H21F2N3/c1-18-4-6-19(7-5-18)3-2-14(17)11-8-12(15)10-13(16)9-11/h8-10,14H,2-7,17H2,1H3. The molecule has 0 spiro atoms. The number of nitrogens with zero attached hydrogens (tertiary/aromatic N) is 2. The van der Waals surface area contributed by atoms with Crippen molar-refractivity contribution in [2.24, 2.45) is 5.73 Å². The molecule has 1 unspecified atom stereocenters. The molecule has 3 nitrogen and oxygen atoms in total. The van der Waals surface area contributed by atoms with Gasteiger partial charge in [-0.1, -0.05) is 0 Å². The van der Waals surface area contributed by atoms with Gasteiger partial charge >= 0.3 is 0 Å². The minimum absolute atomic E-state index is 0.315. The van der Waals surface area contributed by atoms with Gasteiger partial charge in [0.15, 0.2) is 0 Å². The first-order valence-electron chi connectivity index (χ1n) is 6.67. The molecule has 5 heteroatoms. The van der Waals surface area contributed by atoms with Crippen LogP contribution in [0.15, 0.2) is 18.2 Å². The lowest BCUT2D eigenvalue weighted by molar-refractivity contribution is 0.150. The smallest absolute Gasteiger partial charge is 0.126 e. The summed E-state index contributed by atoms with van der Waals surface area (Å²) in [4.78, 5) is 4.63. The summed E-state index contributed by atoms with van der Waals surface area (Å²) in [6.45, 7) is 5.04. The second kappa shape index (κ2) is 6.41. The van der Waals surface area contributed by atoms with Crippen LogP contribution in [-0.2, 0) is 0 Å². The van der Waals surface area contributed by atoms with Crippen molar-refractivity contribution in [1.29, 1.82) is 0 Å². The predicted octanol–water partition coefficient (Wildman–Crippen LogP) is 1.60. The van der Waals surface area contributed by atoms with Gasteiger partial charge < -0.3 is 15.5 Å². The van der Waals surface area contributed by atoms with E-state index >= 15 is 0 Å². The number of hydrogen-bond donors (Lipinski definition) is 1. The van der Waals surface area contributed by atoms with Crippen molar-refractivity contribution in [3.05, 3.63) is 35.4 Å². The average Bonchev–Trinajstić information content (AvgIpc) is 2.36. The number of halogens is 2. The van der Waals surface area contributed by atoms with E-state index in [0.29, 0.717) is 12.0 Å². The van der Waals surface area contributed by atoms with E-state index in [4.69, 9.17) is 5.73 Å². The topological polar surface area (TPSA) is 32.5 Å². The van der Waals surface area contributed by atoms with Gasteiger partial charge in [-0.3, -0.25) is 0 Å². The van der Waals surface area contributed by atoms with Gasteiger partial charge in [0.2, 0.25) is 0 Å². The molecule has 106 valence electrons. The zero-order valence-electron chi connectivity index (χ0n) is 11.3. The van der Waals surface area contributed by atoms with Crippen molar-refractivity contribution in [3.8, 4) is 0 Å². The highest BCUT2D eigenvalue weighted by molar-refractivity contribution is 5.21. The van der Waals surface area contributed by atoms with Gasteiger partial charge in [-0.05, 0) is 31.2 Å². The number of nitrogens with two attached hydrogens (primary N) is 1. The van der Waals surface area contributed by atoms with E-state index in [2.05, 4.69) is 16.8 Å². The highest BCUT2D eigenvalue weighted by atomic mass is 19.1. The second-order valence-electron chi connectivity index (χ2n) is 5.24. The number of likely N-dealkylation sites (N-methyl/N-ethyl adjacent to an activating group) is 1. The predicted molar refractivity (Wildman–Crippen MR) is 71.8 cm³/mol. The summed E-state index contributed by atoms with van der Waals surface area (Å²) in [7, 11) is 2.11. The summed E-state index contributed by atoms with van der Waals surface area (Å²) < 4.78 is 26.2. The SMILES string of the molecule is CN1CCN(CCC(N)c2cc(F)cc(F)c2)CC1. The van der Waals surface area contributed by atoms with Crippen molar-refractivity contribution in [1.82, 2.24) is 9.80 Å². The van der Waals surface area contributed by atoms with Crippen molar-refractivity contribution < 1.29 is 8.78 Å². The third-order valence-corrected chi connectivity index (χ3v) is 3.67. The van der Waals surface area contributed by atoms with Crippen molar-refractivity contribution in [2.45, 2.75) is 12.5 Å². The Hall–Kier alpha value is -1.04. The Bertz CT molecular complexity index is 397. The van der Waals surface area contributed by atoms with Crippen LogP contribution in [0.25, 0.3) is 0 Å². The summed E-state index contributed by atoms with van der Waals surface area (Å²) in [6.07, 6.45) is 0.715. The van der Waals surface area contributed by atoms with E-state index in [0.717, 1.165) is 38.8 Å². The summed E-state index contributed by atoms with van der Waals surface area (Å²) in [5.41, 5.74) is 6.54. The fourth-order valence-corrected chi connectivity index (χ4v) is 2.35. The van der Waals surface area contributed by atoms with Gasteiger partial charge in [0.1, 0.15) is 11.6 Å². The fraction of sp³-hybridized carbons (Fsp3) is 0.571. The van der Waals surface area contributed by atoms with Crippen molar-refractivity contribution in [3.63, 3.8) is 0 Å². The van der Waals surface area contributed by atoms with Gasteiger partial charge in [-0.15, -0.1) is 0 Å². The molecule has 0 aliphatic carbocycles. The normalized spacial score (nSPS) is 19.6. The second-order valence-corrected chi connectivity index (χ2v) is 5.24. The van der Waals surface area contributed by atoms with Crippen LogP contribution >= 0.6 is 0 Å². The number of hydrogen-bond acceptors (Lipinski definition) is 3. The quantitative estimate of drug-likeness (QED) is 0.901. The van der Waals surface area contributed by atoms with E-state index in [1.54, 1.807) is 0 Å². The monoisotopic (exact) mass is 269 g/mol. The Labute approximate surface area is 113 Å². The maximum atomic E-state index is 13.1. The van der Waals surface area contributed by atoms with E-state index in [1.807, 2.05) is 0 Å². The van der Waals surface area contributed by atoms with Gasteiger partial charge in [0.25, 0.3) is 0 Å². The molecule has 0 aromatic heterocycles. The van der Waals surface area contributed by atoms with Crippen LogP contribution in [0.1, 0.15) is 18.0 Å². The molecule has 0 radical (unpaired) electrons. The van der Waals surface area contributed by atoms with Gasteiger partial charge in [0, 0.05) is 44.8 Å². The minimum atomic E-state index is -0.565. The van der Waals surface area contributed by atoms with E-state index in [-0.39, 0.29) is 6.04 Å².